The number of likely N-dealkylation sites (N-methyl/N-ethyl adjacent to an activating group) is 1. The molecule has 0 amide bonds. The number of nitrogens with one attached hydrogen (secondary N) is 1. The van der Waals surface area contributed by atoms with E-state index in [2.05, 4.69) is 5.32 Å². The van der Waals surface area contributed by atoms with Gasteiger partial charge in [0.25, 0.3) is 0 Å². The lowest BCUT2D eigenvalue weighted by Crippen LogP contribution is -2.32. The summed E-state index contributed by atoms with van der Waals surface area (Å²) in [5.41, 5.74) is 0. The summed E-state index contributed by atoms with van der Waals surface area (Å²) in [6.07, 6.45) is -4.85. The topological polar surface area (TPSA) is 30.5 Å². The summed E-state index contributed by atoms with van der Waals surface area (Å²) in [6, 6.07) is -0.261. The highest BCUT2D eigenvalue weighted by Crippen LogP contribution is 2.22. The summed E-state index contributed by atoms with van der Waals surface area (Å²) in [4.78, 5) is 0. The molecule has 0 bridgehead atoms. The molecule has 0 saturated heterocycles. The molecule has 0 saturated carbocycles. The average molecular weight is 229 g/mol. The summed E-state index contributed by atoms with van der Waals surface area (Å²) >= 11 is 0. The smallest absolute Gasteiger partial charge is 0.382 e. The van der Waals surface area contributed by atoms with Gasteiger partial charge in [-0.2, -0.15) is 13.2 Å². The van der Waals surface area contributed by atoms with Gasteiger partial charge in [0.1, 0.15) is 0 Å². The first-order valence-electron chi connectivity index (χ1n) is 4.80. The van der Waals surface area contributed by atoms with Gasteiger partial charge in [0.05, 0.1) is 19.8 Å². The predicted molar refractivity (Wildman–Crippen MR) is 50.8 cm³/mol. The second kappa shape index (κ2) is 7.90. The van der Waals surface area contributed by atoms with Gasteiger partial charge in [0.2, 0.25) is 0 Å². The fraction of sp³-hybridized carbons (Fsp3) is 1.00. The van der Waals surface area contributed by atoms with Crippen LogP contribution in [-0.2, 0) is 9.47 Å². The highest BCUT2D eigenvalue weighted by molar-refractivity contribution is 4.66. The van der Waals surface area contributed by atoms with E-state index in [0.29, 0.717) is 13.2 Å². The normalized spacial score (nSPS) is 14.2. The number of methoxy groups -OCH3 is 1. The maximum absolute atomic E-state index is 11.9. The Morgan fingerprint density at radius 2 is 1.93 bits per heavy atom. The van der Waals surface area contributed by atoms with E-state index in [-0.39, 0.29) is 19.1 Å². The monoisotopic (exact) mass is 229 g/mol. The molecule has 6 heteroatoms. The molecule has 0 aromatic heterocycles. The van der Waals surface area contributed by atoms with E-state index in [0.717, 1.165) is 0 Å². The van der Waals surface area contributed by atoms with Crippen LogP contribution in [-0.4, -0.2) is 46.2 Å². The third-order valence-electron chi connectivity index (χ3n) is 1.94. The third kappa shape index (κ3) is 9.96. The number of halogens is 3. The highest BCUT2D eigenvalue weighted by Gasteiger charge is 2.27. The maximum atomic E-state index is 11.9. The minimum Gasteiger partial charge on any atom is -0.382 e. The van der Waals surface area contributed by atoms with Gasteiger partial charge in [-0.15, -0.1) is 0 Å². The largest absolute Gasteiger partial charge is 0.389 e. The van der Waals surface area contributed by atoms with E-state index < -0.39 is 12.6 Å². The van der Waals surface area contributed by atoms with Gasteiger partial charge in [-0.05, 0) is 13.5 Å². The Bertz CT molecular complexity index is 153. The zero-order valence-electron chi connectivity index (χ0n) is 9.06. The summed E-state index contributed by atoms with van der Waals surface area (Å²) < 4.78 is 45.6. The van der Waals surface area contributed by atoms with Gasteiger partial charge in [-0.1, -0.05) is 0 Å². The number of hydrogen-bond acceptors (Lipinski definition) is 3. The first kappa shape index (κ1) is 14.7. The SMILES string of the molecule is CNC(CCC(F)(F)F)COCCOC. The van der Waals surface area contributed by atoms with Crippen LogP contribution in [0.25, 0.3) is 0 Å². The zero-order valence-corrected chi connectivity index (χ0v) is 9.06. The molecule has 1 unspecified atom stereocenters. The molecule has 15 heavy (non-hydrogen) atoms. The first-order valence-corrected chi connectivity index (χ1v) is 4.80. The van der Waals surface area contributed by atoms with E-state index in [1.807, 2.05) is 0 Å². The van der Waals surface area contributed by atoms with Crippen molar-refractivity contribution >= 4 is 0 Å². The molecule has 0 heterocycles. The van der Waals surface area contributed by atoms with E-state index in [4.69, 9.17) is 9.47 Å². The molecule has 3 nitrogen and oxygen atoms in total. The van der Waals surface area contributed by atoms with Crippen molar-refractivity contribution in [3.63, 3.8) is 0 Å². The van der Waals surface area contributed by atoms with Gasteiger partial charge in [-0.3, -0.25) is 0 Å². The van der Waals surface area contributed by atoms with Crippen LogP contribution in [0.4, 0.5) is 13.2 Å². The Labute approximate surface area is 87.9 Å². The second-order valence-electron chi connectivity index (χ2n) is 3.21. The molecular weight excluding hydrogens is 211 g/mol. The molecule has 0 aliphatic rings. The van der Waals surface area contributed by atoms with E-state index in [1.54, 1.807) is 14.2 Å². The second-order valence-corrected chi connectivity index (χ2v) is 3.21. The van der Waals surface area contributed by atoms with Crippen molar-refractivity contribution in [1.82, 2.24) is 5.32 Å². The van der Waals surface area contributed by atoms with Gasteiger partial charge >= 0.3 is 6.18 Å². The van der Waals surface area contributed by atoms with Crippen LogP contribution in [0.1, 0.15) is 12.8 Å². The average Bonchev–Trinajstić information content (AvgIpc) is 2.15. The lowest BCUT2D eigenvalue weighted by atomic mass is 10.1. The molecule has 0 spiro atoms. The van der Waals surface area contributed by atoms with Gasteiger partial charge in [0.15, 0.2) is 0 Å². The van der Waals surface area contributed by atoms with Crippen molar-refractivity contribution in [3.05, 3.63) is 0 Å². The van der Waals surface area contributed by atoms with Gasteiger partial charge < -0.3 is 14.8 Å². The molecule has 0 aliphatic carbocycles. The molecule has 0 radical (unpaired) electrons. The third-order valence-corrected chi connectivity index (χ3v) is 1.94. The van der Waals surface area contributed by atoms with Crippen LogP contribution in [0.5, 0.6) is 0 Å². The zero-order chi connectivity index (χ0) is 11.7. The van der Waals surface area contributed by atoms with Crippen molar-refractivity contribution < 1.29 is 22.6 Å². The molecule has 0 aliphatic heterocycles. The molecule has 0 aromatic carbocycles. The fourth-order valence-electron chi connectivity index (χ4n) is 1.02. The number of hydrogen-bond donors (Lipinski definition) is 1. The van der Waals surface area contributed by atoms with Crippen molar-refractivity contribution in [3.8, 4) is 0 Å². The lowest BCUT2D eigenvalue weighted by molar-refractivity contribution is -0.137. The van der Waals surface area contributed by atoms with Crippen LogP contribution in [0.3, 0.4) is 0 Å². The molecule has 0 rings (SSSR count). The number of alkyl halides is 3. The van der Waals surface area contributed by atoms with Crippen LogP contribution in [0.2, 0.25) is 0 Å². The molecule has 1 N–H and O–H groups in total. The first-order chi connectivity index (χ1) is 6.99. The van der Waals surface area contributed by atoms with Crippen molar-refractivity contribution in [2.24, 2.45) is 0 Å². The molecule has 0 fully saturated rings. The number of ether oxygens (including phenoxy) is 2. The maximum Gasteiger partial charge on any atom is 0.389 e. The Morgan fingerprint density at radius 1 is 1.27 bits per heavy atom. The number of rotatable bonds is 8. The van der Waals surface area contributed by atoms with Gasteiger partial charge in [-0.25, -0.2) is 0 Å². The Kier molecular flexibility index (Phi) is 7.72. The van der Waals surface area contributed by atoms with E-state index in [1.165, 1.54) is 0 Å². The van der Waals surface area contributed by atoms with Crippen molar-refractivity contribution in [1.29, 1.82) is 0 Å². The minimum atomic E-state index is -4.10. The Balaban J connectivity index is 3.55. The van der Waals surface area contributed by atoms with E-state index >= 15 is 0 Å². The van der Waals surface area contributed by atoms with Crippen LogP contribution in [0, 0.1) is 0 Å². The van der Waals surface area contributed by atoms with Crippen LogP contribution >= 0.6 is 0 Å². The highest BCUT2D eigenvalue weighted by atomic mass is 19.4. The molecule has 92 valence electrons. The van der Waals surface area contributed by atoms with Gasteiger partial charge in [0, 0.05) is 19.6 Å². The Hall–Kier alpha value is -0.330. The van der Waals surface area contributed by atoms with E-state index in [9.17, 15) is 13.2 Å². The lowest BCUT2D eigenvalue weighted by Gasteiger charge is -2.17. The van der Waals surface area contributed by atoms with Crippen molar-refractivity contribution in [2.45, 2.75) is 25.1 Å². The molecule has 1 atom stereocenters. The van der Waals surface area contributed by atoms with Crippen LogP contribution < -0.4 is 5.32 Å². The summed E-state index contributed by atoms with van der Waals surface area (Å²) in [5.74, 6) is 0. The quantitative estimate of drug-likeness (QED) is 0.641. The summed E-state index contributed by atoms with van der Waals surface area (Å²) in [6.45, 7) is 1.13. The summed E-state index contributed by atoms with van der Waals surface area (Å²) in [7, 11) is 3.17. The Morgan fingerprint density at radius 3 is 2.40 bits per heavy atom. The van der Waals surface area contributed by atoms with Crippen molar-refractivity contribution in [2.75, 3.05) is 34.0 Å². The summed E-state index contributed by atoms with van der Waals surface area (Å²) in [5, 5.41) is 2.79. The van der Waals surface area contributed by atoms with Crippen LogP contribution in [0.15, 0.2) is 0 Å². The molecular formula is C9H18F3NO2. The predicted octanol–water partition coefficient (Wildman–Crippen LogP) is 1.58. The fourth-order valence-corrected chi connectivity index (χ4v) is 1.02. The standard InChI is InChI=1S/C9H18F3NO2/c1-13-8(3-4-9(10,11)12)7-15-6-5-14-2/h8,13H,3-7H2,1-2H3. The molecule has 0 aromatic rings. The minimum absolute atomic E-state index is 0.0347.